The van der Waals surface area contributed by atoms with Gasteiger partial charge in [0.1, 0.15) is 5.78 Å². The van der Waals surface area contributed by atoms with Crippen molar-refractivity contribution in [2.24, 2.45) is 11.8 Å². The molecule has 0 aliphatic rings. The van der Waals surface area contributed by atoms with Crippen molar-refractivity contribution < 1.29 is 4.79 Å². The number of ketones is 1. The molecule has 2 nitrogen and oxygen atoms in total. The highest BCUT2D eigenvalue weighted by molar-refractivity contribution is 9.10. The number of nitrogens with one attached hydrogen (secondary N) is 1. The molecule has 0 spiro atoms. The first-order valence-electron chi connectivity index (χ1n) is 7.41. The molecule has 0 aliphatic heterocycles. The molecule has 0 unspecified atom stereocenters. The zero-order chi connectivity index (χ0) is 15.1. The Bertz CT molecular complexity index is 412. The van der Waals surface area contributed by atoms with Crippen LogP contribution >= 0.6 is 15.9 Å². The van der Waals surface area contributed by atoms with E-state index in [1.165, 1.54) is 0 Å². The molecule has 0 radical (unpaired) electrons. The first-order chi connectivity index (χ1) is 9.41. The van der Waals surface area contributed by atoms with Crippen LogP contribution in [0.1, 0.15) is 45.6 Å². The van der Waals surface area contributed by atoms with Crippen molar-refractivity contribution in [3.63, 3.8) is 0 Å². The van der Waals surface area contributed by atoms with Gasteiger partial charge in [0.25, 0.3) is 0 Å². The van der Waals surface area contributed by atoms with Gasteiger partial charge in [0, 0.05) is 16.3 Å². The maximum Gasteiger partial charge on any atom is 0.142 e. The molecule has 0 heterocycles. The number of Topliss-reactive ketones (excluding diaryl/α,β-unsaturated/α-hetero) is 1. The minimum atomic E-state index is 0.00256. The minimum Gasteiger partial charge on any atom is -0.316 e. The van der Waals surface area contributed by atoms with Gasteiger partial charge in [-0.05, 0) is 43.1 Å². The van der Waals surface area contributed by atoms with Gasteiger partial charge in [-0.25, -0.2) is 0 Å². The number of hydrogen-bond acceptors (Lipinski definition) is 2. The van der Waals surface area contributed by atoms with E-state index in [0.29, 0.717) is 11.7 Å². The lowest BCUT2D eigenvalue weighted by Crippen LogP contribution is -2.26. The van der Waals surface area contributed by atoms with Crippen LogP contribution in [0.3, 0.4) is 0 Å². The number of benzene rings is 1. The lowest BCUT2D eigenvalue weighted by Gasteiger charge is -2.19. The van der Waals surface area contributed by atoms with Crippen LogP contribution in [0.5, 0.6) is 0 Å². The summed E-state index contributed by atoms with van der Waals surface area (Å²) in [6.07, 6.45) is 0.866. The number of rotatable bonds is 8. The molecule has 0 fully saturated rings. The van der Waals surface area contributed by atoms with Crippen molar-refractivity contribution >= 4 is 21.7 Å². The first kappa shape index (κ1) is 17.4. The van der Waals surface area contributed by atoms with Gasteiger partial charge in [-0.15, -0.1) is 0 Å². The Hall–Kier alpha value is -0.670. The van der Waals surface area contributed by atoms with E-state index in [0.717, 1.165) is 29.5 Å². The van der Waals surface area contributed by atoms with Crippen LogP contribution in [0, 0.1) is 11.8 Å². The number of carbonyl (C=O) groups excluding carboxylic acids is 1. The van der Waals surface area contributed by atoms with Gasteiger partial charge in [-0.2, -0.15) is 0 Å². The third kappa shape index (κ3) is 5.76. The van der Waals surface area contributed by atoms with Gasteiger partial charge in [0.05, 0.1) is 0 Å². The fraction of sp³-hybridized carbons (Fsp3) is 0.588. The van der Waals surface area contributed by atoms with Crippen LogP contribution in [0.15, 0.2) is 28.7 Å². The summed E-state index contributed by atoms with van der Waals surface area (Å²) in [7, 11) is 0. The van der Waals surface area contributed by atoms with Crippen LogP contribution in [0.4, 0.5) is 0 Å². The van der Waals surface area contributed by atoms with Gasteiger partial charge in [-0.3, -0.25) is 4.79 Å². The summed E-state index contributed by atoms with van der Waals surface area (Å²) in [5.41, 5.74) is 1.12. The van der Waals surface area contributed by atoms with Gasteiger partial charge >= 0.3 is 0 Å². The quantitative estimate of drug-likeness (QED) is 0.711. The summed E-state index contributed by atoms with van der Waals surface area (Å²) in [6, 6.07) is 8.13. The molecule has 1 N–H and O–H groups in total. The van der Waals surface area contributed by atoms with E-state index in [9.17, 15) is 4.79 Å². The van der Waals surface area contributed by atoms with Crippen LogP contribution in [-0.4, -0.2) is 18.9 Å². The fourth-order valence-corrected chi connectivity index (χ4v) is 2.47. The molecule has 0 amide bonds. The topological polar surface area (TPSA) is 29.1 Å². The van der Waals surface area contributed by atoms with E-state index in [4.69, 9.17) is 0 Å². The molecule has 3 heteroatoms. The van der Waals surface area contributed by atoms with E-state index in [2.05, 4.69) is 47.2 Å². The highest BCUT2D eigenvalue weighted by Gasteiger charge is 2.22. The van der Waals surface area contributed by atoms with Gasteiger partial charge in [-0.1, -0.05) is 55.8 Å². The minimum absolute atomic E-state index is 0.00256. The maximum absolute atomic E-state index is 12.4. The predicted molar refractivity (Wildman–Crippen MR) is 89.1 cm³/mol. The SMILES string of the molecule is CC(C)CNCC[C@@H](C(=O)C(C)C)c1ccc(Br)cc1. The Kier molecular flexibility index (Phi) is 7.46. The van der Waals surface area contributed by atoms with Crippen molar-refractivity contribution in [1.82, 2.24) is 5.32 Å². The Morgan fingerprint density at radius 1 is 1.15 bits per heavy atom. The lowest BCUT2D eigenvalue weighted by molar-refractivity contribution is -0.123. The van der Waals surface area contributed by atoms with Crippen molar-refractivity contribution in [2.45, 2.75) is 40.0 Å². The number of halogens is 1. The molecule has 1 rings (SSSR count). The summed E-state index contributed by atoms with van der Waals surface area (Å²) in [4.78, 5) is 12.4. The summed E-state index contributed by atoms with van der Waals surface area (Å²) >= 11 is 3.44. The summed E-state index contributed by atoms with van der Waals surface area (Å²) < 4.78 is 1.05. The Labute approximate surface area is 131 Å². The highest BCUT2D eigenvalue weighted by Crippen LogP contribution is 2.25. The van der Waals surface area contributed by atoms with Crippen molar-refractivity contribution in [2.75, 3.05) is 13.1 Å². The molecule has 0 saturated carbocycles. The fourth-order valence-electron chi connectivity index (χ4n) is 2.21. The third-order valence-corrected chi connectivity index (χ3v) is 3.88. The van der Waals surface area contributed by atoms with Crippen molar-refractivity contribution in [3.8, 4) is 0 Å². The Morgan fingerprint density at radius 3 is 2.25 bits per heavy atom. The van der Waals surface area contributed by atoms with Crippen LogP contribution in [0.2, 0.25) is 0 Å². The molecular weight excluding hydrogens is 314 g/mol. The highest BCUT2D eigenvalue weighted by atomic mass is 79.9. The normalized spacial score (nSPS) is 12.9. The average Bonchev–Trinajstić information content (AvgIpc) is 2.39. The van der Waals surface area contributed by atoms with Crippen molar-refractivity contribution in [1.29, 1.82) is 0 Å². The van der Waals surface area contributed by atoms with Crippen LogP contribution < -0.4 is 5.32 Å². The van der Waals surface area contributed by atoms with E-state index in [1.807, 2.05) is 26.0 Å². The van der Waals surface area contributed by atoms with E-state index >= 15 is 0 Å². The molecule has 0 bridgehead atoms. The molecule has 0 saturated heterocycles. The summed E-state index contributed by atoms with van der Waals surface area (Å²) in [5.74, 6) is 1.05. The van der Waals surface area contributed by atoms with Gasteiger partial charge in [0.2, 0.25) is 0 Å². The Morgan fingerprint density at radius 2 is 1.75 bits per heavy atom. The van der Waals surface area contributed by atoms with E-state index in [1.54, 1.807) is 0 Å². The van der Waals surface area contributed by atoms with Crippen molar-refractivity contribution in [3.05, 3.63) is 34.3 Å². The van der Waals surface area contributed by atoms with E-state index in [-0.39, 0.29) is 11.8 Å². The largest absolute Gasteiger partial charge is 0.316 e. The van der Waals surface area contributed by atoms with Crippen LogP contribution in [0.25, 0.3) is 0 Å². The Balaban J connectivity index is 2.70. The summed E-state index contributed by atoms with van der Waals surface area (Å²) in [6.45, 7) is 10.2. The second kappa shape index (κ2) is 8.58. The summed E-state index contributed by atoms with van der Waals surface area (Å²) in [5, 5.41) is 3.43. The van der Waals surface area contributed by atoms with Gasteiger partial charge < -0.3 is 5.32 Å². The molecule has 0 aliphatic carbocycles. The monoisotopic (exact) mass is 339 g/mol. The van der Waals surface area contributed by atoms with Gasteiger partial charge in [0.15, 0.2) is 0 Å². The molecular formula is C17H26BrNO. The van der Waals surface area contributed by atoms with E-state index < -0.39 is 0 Å². The number of hydrogen-bond donors (Lipinski definition) is 1. The molecule has 0 aromatic heterocycles. The first-order valence-corrected chi connectivity index (χ1v) is 8.21. The zero-order valence-electron chi connectivity index (χ0n) is 12.9. The third-order valence-electron chi connectivity index (χ3n) is 3.35. The lowest BCUT2D eigenvalue weighted by atomic mass is 9.86. The maximum atomic E-state index is 12.4. The molecule has 1 aromatic rings. The molecule has 20 heavy (non-hydrogen) atoms. The molecule has 1 atom stereocenters. The standard InChI is InChI=1S/C17H26BrNO/c1-12(2)11-19-10-9-16(17(20)13(3)4)14-5-7-15(18)8-6-14/h5-8,12-13,16,19H,9-11H2,1-4H3/t16-/m1/s1. The molecule has 112 valence electrons. The number of carbonyl (C=O) groups is 1. The smallest absolute Gasteiger partial charge is 0.142 e. The predicted octanol–water partition coefficient (Wildman–Crippen LogP) is 4.39. The second-order valence-electron chi connectivity index (χ2n) is 6.05. The second-order valence-corrected chi connectivity index (χ2v) is 6.96. The molecule has 1 aromatic carbocycles. The van der Waals surface area contributed by atoms with Crippen LogP contribution in [-0.2, 0) is 4.79 Å². The zero-order valence-corrected chi connectivity index (χ0v) is 14.5. The average molecular weight is 340 g/mol.